The molecule has 3 aromatic rings. The van der Waals surface area contributed by atoms with E-state index in [-0.39, 0.29) is 17.6 Å². The Morgan fingerprint density at radius 2 is 1.93 bits per heavy atom. The highest BCUT2D eigenvalue weighted by molar-refractivity contribution is 7.13. The van der Waals surface area contributed by atoms with Gasteiger partial charge in [-0.25, -0.2) is 4.39 Å². The van der Waals surface area contributed by atoms with Crippen LogP contribution in [0.25, 0.3) is 10.6 Å². The minimum absolute atomic E-state index is 0.0344. The molecule has 1 aromatic heterocycles. The summed E-state index contributed by atoms with van der Waals surface area (Å²) in [5.74, 6) is -0.700. The molecule has 0 aliphatic heterocycles. The van der Waals surface area contributed by atoms with E-state index in [4.69, 9.17) is 5.73 Å². The lowest BCUT2D eigenvalue weighted by Gasteiger charge is -2.29. The van der Waals surface area contributed by atoms with Crippen LogP contribution in [0, 0.1) is 5.82 Å². The van der Waals surface area contributed by atoms with Crippen molar-refractivity contribution in [2.75, 3.05) is 5.43 Å². The Balaban J connectivity index is 1.62. The molecule has 2 aromatic carbocycles. The molecule has 29 heavy (non-hydrogen) atoms. The highest BCUT2D eigenvalue weighted by Crippen LogP contribution is 2.41. The molecule has 1 heterocycles. The van der Waals surface area contributed by atoms with Gasteiger partial charge >= 0.3 is 5.82 Å². The molecular weight excluding hydrogens is 395 g/mol. The van der Waals surface area contributed by atoms with Crippen molar-refractivity contribution in [2.45, 2.75) is 25.2 Å². The van der Waals surface area contributed by atoms with Crippen LogP contribution < -0.4 is 16.1 Å². The van der Waals surface area contributed by atoms with Crippen molar-refractivity contribution >= 4 is 28.7 Å². The predicted octanol–water partition coefficient (Wildman–Crippen LogP) is 4.43. The number of hydrogen-bond acceptors (Lipinski definition) is 6. The predicted molar refractivity (Wildman–Crippen MR) is 108 cm³/mol. The van der Waals surface area contributed by atoms with Gasteiger partial charge in [-0.3, -0.25) is 4.79 Å². The molecule has 1 aliphatic carbocycles. The standard InChI is InChI=1S/C20H19FN4O3S/c21-15-7-4-13(5-8-15)20-23-18(11-29-20)25(27,28)24-17-9-6-14(19(22)26)10-16(17)12-2-1-3-12/h4-12,27-28H,1-3H2,(H2-,22,24,26)/p+1. The van der Waals surface area contributed by atoms with E-state index in [0.717, 1.165) is 24.8 Å². The second-order valence-electron chi connectivity index (χ2n) is 7.02. The van der Waals surface area contributed by atoms with Crippen molar-refractivity contribution in [3.8, 4) is 10.6 Å². The molecule has 9 heteroatoms. The van der Waals surface area contributed by atoms with Crippen molar-refractivity contribution in [2.24, 2.45) is 5.73 Å². The van der Waals surface area contributed by atoms with E-state index in [0.29, 0.717) is 21.8 Å². The van der Waals surface area contributed by atoms with Gasteiger partial charge in [-0.05, 0) is 66.8 Å². The molecule has 0 bridgehead atoms. The van der Waals surface area contributed by atoms with Crippen LogP contribution in [0.5, 0.6) is 0 Å². The maximum Gasteiger partial charge on any atom is 0.333 e. The fraction of sp³-hybridized carbons (Fsp3) is 0.200. The first-order valence-corrected chi connectivity index (χ1v) is 10.00. The minimum atomic E-state index is -1.66. The van der Waals surface area contributed by atoms with Crippen LogP contribution >= 0.6 is 11.3 Å². The Hall–Kier alpha value is -2.85. The molecule has 0 radical (unpaired) electrons. The molecule has 1 fully saturated rings. The van der Waals surface area contributed by atoms with E-state index in [1.165, 1.54) is 34.9 Å². The summed E-state index contributed by atoms with van der Waals surface area (Å²) >= 11 is 1.21. The Bertz CT molecular complexity index is 1050. The fourth-order valence-corrected chi connectivity index (χ4v) is 4.07. The summed E-state index contributed by atoms with van der Waals surface area (Å²) in [6.07, 6.45) is 2.99. The Kier molecular flexibility index (Phi) is 5.05. The summed E-state index contributed by atoms with van der Waals surface area (Å²) in [6, 6.07) is 10.6. The molecule has 150 valence electrons. The highest BCUT2D eigenvalue weighted by atomic mass is 32.1. The van der Waals surface area contributed by atoms with E-state index in [9.17, 15) is 19.6 Å². The second kappa shape index (κ2) is 7.53. The number of aromatic nitrogens is 1. The molecule has 5 N–H and O–H groups in total. The maximum atomic E-state index is 13.1. The Labute approximate surface area is 170 Å². The van der Waals surface area contributed by atoms with E-state index in [1.54, 1.807) is 24.3 Å². The van der Waals surface area contributed by atoms with Crippen molar-refractivity contribution in [1.29, 1.82) is 0 Å². The van der Waals surface area contributed by atoms with Gasteiger partial charge in [-0.2, -0.15) is 10.4 Å². The third-order valence-electron chi connectivity index (χ3n) is 5.06. The van der Waals surface area contributed by atoms with Crippen molar-refractivity contribution in [1.82, 2.24) is 9.90 Å². The number of amides is 1. The van der Waals surface area contributed by atoms with Crippen LogP contribution in [-0.2, 0) is 0 Å². The number of nitrogens with two attached hydrogens (primary N) is 1. The summed E-state index contributed by atoms with van der Waals surface area (Å²) < 4.78 is 13.1. The van der Waals surface area contributed by atoms with Gasteiger partial charge in [0.2, 0.25) is 5.91 Å². The molecule has 4 rings (SSSR count). The lowest BCUT2D eigenvalue weighted by atomic mass is 9.79. The van der Waals surface area contributed by atoms with Gasteiger partial charge in [0.05, 0.1) is 11.1 Å². The zero-order valence-corrected chi connectivity index (χ0v) is 16.2. The molecule has 0 atom stereocenters. The first-order valence-electron chi connectivity index (χ1n) is 9.12. The zero-order chi connectivity index (χ0) is 20.6. The Morgan fingerprint density at radius 3 is 2.55 bits per heavy atom. The molecule has 0 unspecified atom stereocenters. The number of halogens is 1. The minimum Gasteiger partial charge on any atom is -0.366 e. The third-order valence-corrected chi connectivity index (χ3v) is 5.94. The molecule has 7 nitrogen and oxygen atoms in total. The summed E-state index contributed by atoms with van der Waals surface area (Å²) in [7, 11) is 0. The van der Waals surface area contributed by atoms with Crippen LogP contribution in [0.2, 0.25) is 0 Å². The van der Waals surface area contributed by atoms with Gasteiger partial charge in [0.1, 0.15) is 15.7 Å². The normalized spacial score (nSPS) is 14.4. The lowest BCUT2D eigenvalue weighted by molar-refractivity contribution is -0.274. The number of hydrogen-bond donors (Lipinski definition) is 4. The van der Waals surface area contributed by atoms with Crippen LogP contribution in [0.3, 0.4) is 0 Å². The zero-order valence-electron chi connectivity index (χ0n) is 15.4. The number of thiazole rings is 1. The average molecular weight is 415 g/mol. The van der Waals surface area contributed by atoms with Gasteiger partial charge in [-0.1, -0.05) is 6.42 Å². The number of carbonyl (C=O) groups is 1. The molecule has 0 saturated heterocycles. The van der Waals surface area contributed by atoms with Crippen LogP contribution in [0.4, 0.5) is 15.9 Å². The van der Waals surface area contributed by atoms with E-state index in [2.05, 4.69) is 10.4 Å². The van der Waals surface area contributed by atoms with Gasteiger partial charge in [-0.15, -0.1) is 21.8 Å². The number of nitrogens with zero attached hydrogens (tertiary/aromatic N) is 2. The first kappa shape index (κ1) is 19.5. The highest BCUT2D eigenvalue weighted by Gasteiger charge is 2.34. The third kappa shape index (κ3) is 3.99. The molecular formula is C20H20FN4O3S+. The van der Waals surface area contributed by atoms with Crippen LogP contribution in [0.1, 0.15) is 41.1 Å². The number of carbonyl (C=O) groups excluding carboxylic acids is 1. The summed E-state index contributed by atoms with van der Waals surface area (Å²) in [4.78, 5) is 14.1. The molecule has 1 amide bonds. The van der Waals surface area contributed by atoms with Gasteiger partial charge in [0.25, 0.3) is 0 Å². The summed E-state index contributed by atoms with van der Waals surface area (Å²) in [5.41, 5.74) is 10.4. The topological polar surface area (TPSA) is 108 Å². The SMILES string of the molecule is NC(=O)c1ccc(N[N+](O)(O)c2csc(-c3ccc(F)cc3)n2)c(C2CCC2)c1. The molecule has 1 aliphatic rings. The number of quaternary nitrogens is 1. The summed E-state index contributed by atoms with van der Waals surface area (Å²) in [5, 5.41) is 23.2. The number of primary amides is 1. The van der Waals surface area contributed by atoms with Crippen LogP contribution in [0.15, 0.2) is 47.8 Å². The number of benzene rings is 2. The first-order chi connectivity index (χ1) is 13.8. The number of nitrogens with one attached hydrogen (secondary N) is 1. The quantitative estimate of drug-likeness (QED) is 0.352. The van der Waals surface area contributed by atoms with E-state index < -0.39 is 10.8 Å². The lowest BCUT2D eigenvalue weighted by Crippen LogP contribution is -2.48. The maximum absolute atomic E-state index is 13.1. The van der Waals surface area contributed by atoms with Gasteiger partial charge < -0.3 is 5.73 Å². The number of rotatable bonds is 6. The van der Waals surface area contributed by atoms with Crippen molar-refractivity contribution in [3.63, 3.8) is 0 Å². The monoisotopic (exact) mass is 415 g/mol. The van der Waals surface area contributed by atoms with E-state index in [1.807, 2.05) is 0 Å². The fourth-order valence-electron chi connectivity index (χ4n) is 3.23. The molecule has 1 saturated carbocycles. The summed E-state index contributed by atoms with van der Waals surface area (Å²) in [6.45, 7) is 0. The average Bonchev–Trinajstić information content (AvgIpc) is 3.13. The Morgan fingerprint density at radius 1 is 1.21 bits per heavy atom. The van der Waals surface area contributed by atoms with Crippen LogP contribution in [-0.4, -0.2) is 21.3 Å². The second-order valence-corrected chi connectivity index (χ2v) is 7.88. The van der Waals surface area contributed by atoms with Crippen molar-refractivity contribution in [3.05, 3.63) is 64.8 Å². The number of anilines is 1. The largest absolute Gasteiger partial charge is 0.366 e. The van der Waals surface area contributed by atoms with Gasteiger partial charge in [0, 0.05) is 11.1 Å². The smallest absolute Gasteiger partial charge is 0.333 e. The van der Waals surface area contributed by atoms with E-state index >= 15 is 0 Å². The molecule has 0 spiro atoms. The van der Waals surface area contributed by atoms with Gasteiger partial charge in [0.15, 0.2) is 0 Å². The van der Waals surface area contributed by atoms with Crippen molar-refractivity contribution < 1.29 is 19.6 Å².